The van der Waals surface area contributed by atoms with Gasteiger partial charge in [-0.2, -0.15) is 0 Å². The Morgan fingerprint density at radius 2 is 2.02 bits per heavy atom. The fourth-order valence-electron chi connectivity index (χ4n) is 5.30. The van der Waals surface area contributed by atoms with Crippen molar-refractivity contribution in [3.05, 3.63) is 82.7 Å². The molecule has 40 heavy (non-hydrogen) atoms. The Labute approximate surface area is 232 Å². The molecular formula is C29H32F2N4O4S. The van der Waals surface area contributed by atoms with Gasteiger partial charge in [0.1, 0.15) is 11.5 Å². The number of hydrogen-bond donors (Lipinski definition) is 2. The standard InChI is InChI=1S/C29H32F2N4O4S/c1-3-13-40(37,38)34-24-7-6-23(30)25(26(24)31)27(36)22-17-33-28-21(22)14-20(16-32-28)29(2)8-4-5-19(15-29)18-35-9-11-39-12-10-35/h4-8,14,16-17,34H,3,9-13,15,18H2,1-2H3,(H,32,33)/t29-/m1/s1. The number of carbonyl (C=O) groups excluding carboxylic acids is 1. The molecule has 0 bridgehead atoms. The van der Waals surface area contributed by atoms with Crippen LogP contribution < -0.4 is 4.72 Å². The summed E-state index contributed by atoms with van der Waals surface area (Å²) in [6, 6.07) is 3.69. The van der Waals surface area contributed by atoms with Gasteiger partial charge in [0.15, 0.2) is 5.82 Å². The van der Waals surface area contributed by atoms with Crippen LogP contribution in [0, 0.1) is 11.6 Å². The lowest BCUT2D eigenvalue weighted by Crippen LogP contribution is -2.38. The molecule has 1 atom stereocenters. The fraction of sp³-hybridized carbons (Fsp3) is 0.379. The molecule has 0 amide bonds. The number of anilines is 1. The summed E-state index contributed by atoms with van der Waals surface area (Å²) in [6.07, 6.45) is 10.4. The number of aromatic amines is 1. The quantitative estimate of drug-likeness (QED) is 0.362. The van der Waals surface area contributed by atoms with E-state index < -0.39 is 44.1 Å². The molecule has 5 rings (SSSR count). The first-order valence-electron chi connectivity index (χ1n) is 13.3. The van der Waals surface area contributed by atoms with Crippen molar-refractivity contribution in [1.82, 2.24) is 14.9 Å². The second-order valence-corrected chi connectivity index (χ2v) is 12.4. The van der Waals surface area contributed by atoms with Gasteiger partial charge in [-0.3, -0.25) is 14.4 Å². The number of morpholine rings is 1. The van der Waals surface area contributed by atoms with Gasteiger partial charge in [-0.05, 0) is 36.6 Å². The molecule has 0 saturated carbocycles. The number of carbonyl (C=O) groups is 1. The zero-order valence-electron chi connectivity index (χ0n) is 22.5. The lowest BCUT2D eigenvalue weighted by molar-refractivity contribution is 0.0417. The summed E-state index contributed by atoms with van der Waals surface area (Å²) in [6.45, 7) is 7.81. The summed E-state index contributed by atoms with van der Waals surface area (Å²) in [7, 11) is -3.85. The summed E-state index contributed by atoms with van der Waals surface area (Å²) >= 11 is 0. The van der Waals surface area contributed by atoms with Crippen LogP contribution in [0.25, 0.3) is 11.0 Å². The minimum Gasteiger partial charge on any atom is -0.379 e. The number of fused-ring (bicyclic) bond motifs is 1. The van der Waals surface area contributed by atoms with E-state index in [4.69, 9.17) is 4.74 Å². The zero-order chi connectivity index (χ0) is 28.5. The van der Waals surface area contributed by atoms with E-state index in [0.29, 0.717) is 17.5 Å². The molecule has 2 N–H and O–H groups in total. The molecule has 1 aromatic carbocycles. The van der Waals surface area contributed by atoms with Crippen LogP contribution in [0.3, 0.4) is 0 Å². The van der Waals surface area contributed by atoms with Gasteiger partial charge in [0, 0.05) is 48.4 Å². The number of ketones is 1. The third kappa shape index (κ3) is 5.72. The number of nitrogens with one attached hydrogen (secondary N) is 2. The van der Waals surface area contributed by atoms with Gasteiger partial charge in [-0.25, -0.2) is 22.2 Å². The van der Waals surface area contributed by atoms with Crippen LogP contribution in [-0.4, -0.2) is 67.7 Å². The summed E-state index contributed by atoms with van der Waals surface area (Å²) < 4.78 is 62.1. The molecule has 1 saturated heterocycles. The summed E-state index contributed by atoms with van der Waals surface area (Å²) in [5.74, 6) is -3.49. The van der Waals surface area contributed by atoms with Crippen molar-refractivity contribution in [2.24, 2.45) is 0 Å². The Hall–Kier alpha value is -3.41. The highest BCUT2D eigenvalue weighted by molar-refractivity contribution is 7.92. The first kappa shape index (κ1) is 28.1. The Balaban J connectivity index is 1.45. The third-order valence-corrected chi connectivity index (χ3v) is 8.89. The van der Waals surface area contributed by atoms with Gasteiger partial charge in [0.05, 0.1) is 30.2 Å². The molecule has 3 heterocycles. The van der Waals surface area contributed by atoms with E-state index in [1.54, 1.807) is 13.1 Å². The molecule has 2 aliphatic rings. The molecule has 212 valence electrons. The number of ether oxygens (including phenoxy) is 1. The number of H-pyrrole nitrogens is 1. The Morgan fingerprint density at radius 1 is 1.25 bits per heavy atom. The van der Waals surface area contributed by atoms with Gasteiger partial charge >= 0.3 is 0 Å². The van der Waals surface area contributed by atoms with Gasteiger partial charge < -0.3 is 9.72 Å². The van der Waals surface area contributed by atoms with Crippen LogP contribution in [0.1, 0.15) is 48.2 Å². The predicted octanol–water partition coefficient (Wildman–Crippen LogP) is 4.70. The molecular weight excluding hydrogens is 538 g/mol. The van der Waals surface area contributed by atoms with E-state index in [9.17, 15) is 17.6 Å². The normalized spacial score (nSPS) is 20.1. The number of allylic oxidation sites excluding steroid dienone is 3. The molecule has 2 aromatic heterocycles. The highest BCUT2D eigenvalue weighted by atomic mass is 32.2. The molecule has 0 radical (unpaired) electrons. The Bertz CT molecular complexity index is 1610. The average Bonchev–Trinajstić information content (AvgIpc) is 3.34. The maximum Gasteiger partial charge on any atom is 0.232 e. The van der Waals surface area contributed by atoms with E-state index in [0.717, 1.165) is 57.0 Å². The summed E-state index contributed by atoms with van der Waals surface area (Å²) in [4.78, 5) is 23.3. The highest BCUT2D eigenvalue weighted by Crippen LogP contribution is 2.37. The maximum absolute atomic E-state index is 15.4. The van der Waals surface area contributed by atoms with E-state index in [1.807, 2.05) is 12.1 Å². The van der Waals surface area contributed by atoms with Crippen molar-refractivity contribution in [1.29, 1.82) is 0 Å². The Kier molecular flexibility index (Phi) is 7.89. The molecule has 1 aliphatic carbocycles. The van der Waals surface area contributed by atoms with Crippen LogP contribution in [0.5, 0.6) is 0 Å². The first-order chi connectivity index (χ1) is 19.1. The largest absolute Gasteiger partial charge is 0.379 e. The second kappa shape index (κ2) is 11.2. The smallest absolute Gasteiger partial charge is 0.232 e. The minimum atomic E-state index is -3.85. The fourth-order valence-corrected chi connectivity index (χ4v) is 6.44. The maximum atomic E-state index is 15.4. The summed E-state index contributed by atoms with van der Waals surface area (Å²) in [5.41, 5.74) is 0.869. The number of halogens is 2. The number of hydrogen-bond acceptors (Lipinski definition) is 6. The van der Waals surface area contributed by atoms with Gasteiger partial charge in [0.25, 0.3) is 0 Å². The van der Waals surface area contributed by atoms with Gasteiger partial charge in [-0.1, -0.05) is 37.6 Å². The molecule has 0 unspecified atom stereocenters. The van der Waals surface area contributed by atoms with Crippen LogP contribution >= 0.6 is 0 Å². The van der Waals surface area contributed by atoms with E-state index in [-0.39, 0.29) is 11.3 Å². The average molecular weight is 571 g/mol. The molecule has 11 heteroatoms. The molecule has 0 spiro atoms. The van der Waals surface area contributed by atoms with Crippen molar-refractivity contribution in [2.75, 3.05) is 43.3 Å². The number of benzene rings is 1. The van der Waals surface area contributed by atoms with Crippen molar-refractivity contribution in [3.63, 3.8) is 0 Å². The summed E-state index contributed by atoms with van der Waals surface area (Å²) in [5, 5.41) is 0.428. The van der Waals surface area contributed by atoms with Crippen molar-refractivity contribution >= 4 is 32.5 Å². The minimum absolute atomic E-state index is 0.0446. The van der Waals surface area contributed by atoms with E-state index >= 15 is 4.39 Å². The number of nitrogens with zero attached hydrogens (tertiary/aromatic N) is 2. The van der Waals surface area contributed by atoms with Crippen LogP contribution in [0.2, 0.25) is 0 Å². The molecule has 1 aliphatic heterocycles. The Morgan fingerprint density at radius 3 is 2.77 bits per heavy atom. The van der Waals surface area contributed by atoms with E-state index in [2.05, 4.69) is 38.7 Å². The molecule has 1 fully saturated rings. The molecule has 8 nitrogen and oxygen atoms in total. The lowest BCUT2D eigenvalue weighted by Gasteiger charge is -2.33. The predicted molar refractivity (Wildman–Crippen MR) is 150 cm³/mol. The topological polar surface area (TPSA) is 104 Å². The van der Waals surface area contributed by atoms with Gasteiger partial charge in [0.2, 0.25) is 15.8 Å². The lowest BCUT2D eigenvalue weighted by atomic mass is 9.75. The van der Waals surface area contributed by atoms with Gasteiger partial charge in [-0.15, -0.1) is 0 Å². The number of sulfonamides is 1. The van der Waals surface area contributed by atoms with Crippen molar-refractivity contribution in [3.8, 4) is 0 Å². The van der Waals surface area contributed by atoms with Crippen LogP contribution in [0.15, 0.2) is 54.4 Å². The number of rotatable bonds is 9. The monoisotopic (exact) mass is 570 g/mol. The molecule has 3 aromatic rings. The third-order valence-electron chi connectivity index (χ3n) is 7.41. The highest BCUT2D eigenvalue weighted by Gasteiger charge is 2.30. The second-order valence-electron chi connectivity index (χ2n) is 10.5. The van der Waals surface area contributed by atoms with Crippen LogP contribution in [-0.2, 0) is 20.2 Å². The van der Waals surface area contributed by atoms with Crippen LogP contribution in [0.4, 0.5) is 14.5 Å². The first-order valence-corrected chi connectivity index (χ1v) is 14.9. The number of aromatic nitrogens is 2. The van der Waals surface area contributed by atoms with Crippen molar-refractivity contribution in [2.45, 2.75) is 32.1 Å². The number of pyridine rings is 1. The SMILES string of the molecule is CCCS(=O)(=O)Nc1ccc(F)c(C(=O)c2c[nH]c3ncc([C@]4(C)C=CC=C(CN5CCOCC5)C4)cc23)c1F. The van der Waals surface area contributed by atoms with E-state index in [1.165, 1.54) is 11.8 Å². The van der Waals surface area contributed by atoms with Crippen molar-refractivity contribution < 1.29 is 26.7 Å². The zero-order valence-corrected chi connectivity index (χ0v) is 23.3.